The number of nitrogens with zero attached hydrogens (tertiary/aromatic N) is 2. The Morgan fingerprint density at radius 1 is 1.21 bits per heavy atom. The van der Waals surface area contributed by atoms with Crippen molar-refractivity contribution in [2.45, 2.75) is 31.2 Å². The van der Waals surface area contributed by atoms with E-state index >= 15 is 0 Å². The lowest BCUT2D eigenvalue weighted by atomic mass is 10.0. The standard InChI is InChI=1S/C20H21FN4O4/c21-15-4-2-1-3-13(15)10-24-19(27)9-14-5-6-16(18(12-26)29-14)25-20(28)17-11-22-7-8-23-17/h1-8,11,14,16,18,26H,9-10,12H2,(H,24,27)(H,25,28)/t14-,16-,18+/m0/s1. The largest absolute Gasteiger partial charge is 0.394 e. The molecule has 1 aromatic carbocycles. The topological polar surface area (TPSA) is 113 Å². The van der Waals surface area contributed by atoms with E-state index in [9.17, 15) is 19.1 Å². The molecule has 0 aliphatic carbocycles. The normalized spacial score (nSPS) is 20.8. The number of halogens is 1. The highest BCUT2D eigenvalue weighted by Crippen LogP contribution is 2.16. The summed E-state index contributed by atoms with van der Waals surface area (Å²) >= 11 is 0. The summed E-state index contributed by atoms with van der Waals surface area (Å²) in [7, 11) is 0. The van der Waals surface area contributed by atoms with Crippen molar-refractivity contribution in [3.63, 3.8) is 0 Å². The molecule has 0 fully saturated rings. The lowest BCUT2D eigenvalue weighted by Crippen LogP contribution is -2.49. The van der Waals surface area contributed by atoms with Gasteiger partial charge in [0.25, 0.3) is 5.91 Å². The maximum absolute atomic E-state index is 13.6. The van der Waals surface area contributed by atoms with Crippen LogP contribution in [0.25, 0.3) is 0 Å². The van der Waals surface area contributed by atoms with Crippen LogP contribution in [-0.2, 0) is 16.1 Å². The lowest BCUT2D eigenvalue weighted by molar-refractivity contribution is -0.125. The van der Waals surface area contributed by atoms with Gasteiger partial charge in [-0.1, -0.05) is 30.4 Å². The molecule has 9 heteroatoms. The highest BCUT2D eigenvalue weighted by molar-refractivity contribution is 5.92. The van der Waals surface area contributed by atoms with Gasteiger partial charge in [0, 0.05) is 24.5 Å². The average molecular weight is 400 g/mol. The monoisotopic (exact) mass is 400 g/mol. The van der Waals surface area contributed by atoms with Crippen LogP contribution in [0.3, 0.4) is 0 Å². The minimum Gasteiger partial charge on any atom is -0.394 e. The van der Waals surface area contributed by atoms with Crippen molar-refractivity contribution in [1.29, 1.82) is 0 Å². The Bertz CT molecular complexity index is 878. The van der Waals surface area contributed by atoms with Crippen LogP contribution in [0.4, 0.5) is 4.39 Å². The van der Waals surface area contributed by atoms with E-state index in [0.717, 1.165) is 0 Å². The molecule has 0 bridgehead atoms. The second kappa shape index (κ2) is 9.85. The van der Waals surface area contributed by atoms with Crippen molar-refractivity contribution in [1.82, 2.24) is 20.6 Å². The third kappa shape index (κ3) is 5.66. The molecule has 2 aromatic rings. The van der Waals surface area contributed by atoms with Crippen molar-refractivity contribution in [3.05, 3.63) is 72.1 Å². The van der Waals surface area contributed by atoms with Gasteiger partial charge in [-0.15, -0.1) is 0 Å². The second-order valence-corrected chi connectivity index (χ2v) is 6.44. The van der Waals surface area contributed by atoms with Crippen LogP contribution in [0.2, 0.25) is 0 Å². The van der Waals surface area contributed by atoms with Gasteiger partial charge >= 0.3 is 0 Å². The minimum atomic E-state index is -0.718. The molecule has 152 valence electrons. The molecule has 29 heavy (non-hydrogen) atoms. The van der Waals surface area contributed by atoms with Crippen LogP contribution >= 0.6 is 0 Å². The first-order chi connectivity index (χ1) is 14.1. The number of aliphatic hydroxyl groups is 1. The molecule has 8 nitrogen and oxygen atoms in total. The maximum Gasteiger partial charge on any atom is 0.272 e. The van der Waals surface area contributed by atoms with Crippen LogP contribution in [0.5, 0.6) is 0 Å². The Morgan fingerprint density at radius 2 is 2.03 bits per heavy atom. The number of hydrogen-bond donors (Lipinski definition) is 3. The molecule has 2 heterocycles. The summed E-state index contributed by atoms with van der Waals surface area (Å²) in [6.07, 6.45) is 6.23. The molecule has 3 atom stereocenters. The minimum absolute atomic E-state index is 0.00623. The number of carbonyl (C=O) groups is 2. The molecule has 1 aliphatic heterocycles. The molecule has 0 saturated carbocycles. The van der Waals surface area contributed by atoms with Gasteiger partial charge in [-0.05, 0) is 6.07 Å². The molecule has 3 rings (SSSR count). The molecule has 0 unspecified atom stereocenters. The van der Waals surface area contributed by atoms with Crippen molar-refractivity contribution in [2.75, 3.05) is 6.61 Å². The van der Waals surface area contributed by atoms with Crippen molar-refractivity contribution in [3.8, 4) is 0 Å². The van der Waals surface area contributed by atoms with Crippen molar-refractivity contribution >= 4 is 11.8 Å². The summed E-state index contributed by atoms with van der Waals surface area (Å²) in [6.45, 7) is -0.273. The highest BCUT2D eigenvalue weighted by atomic mass is 19.1. The fourth-order valence-corrected chi connectivity index (χ4v) is 2.87. The smallest absolute Gasteiger partial charge is 0.272 e. The zero-order chi connectivity index (χ0) is 20.6. The SMILES string of the molecule is O=C(C[C@@H]1C=C[C@H](NC(=O)c2cnccn2)[C@@H](CO)O1)NCc1ccccc1F. The lowest BCUT2D eigenvalue weighted by Gasteiger charge is -2.31. The van der Waals surface area contributed by atoms with E-state index in [-0.39, 0.29) is 37.0 Å². The summed E-state index contributed by atoms with van der Waals surface area (Å²) in [6, 6.07) is 5.62. The summed E-state index contributed by atoms with van der Waals surface area (Å²) in [5.74, 6) is -1.15. The number of aromatic nitrogens is 2. The van der Waals surface area contributed by atoms with Gasteiger partial charge in [-0.3, -0.25) is 14.6 Å². The average Bonchev–Trinajstić information content (AvgIpc) is 2.74. The fraction of sp³-hybridized carbons (Fsp3) is 0.300. The summed E-state index contributed by atoms with van der Waals surface area (Å²) < 4.78 is 19.3. The van der Waals surface area contributed by atoms with Gasteiger partial charge in [-0.2, -0.15) is 0 Å². The van der Waals surface area contributed by atoms with Gasteiger partial charge in [0.15, 0.2) is 0 Å². The first-order valence-electron chi connectivity index (χ1n) is 9.08. The number of hydrogen-bond acceptors (Lipinski definition) is 6. The fourth-order valence-electron chi connectivity index (χ4n) is 2.87. The number of carbonyl (C=O) groups excluding carboxylic acids is 2. The van der Waals surface area contributed by atoms with E-state index in [1.165, 1.54) is 24.7 Å². The zero-order valence-corrected chi connectivity index (χ0v) is 15.5. The summed E-state index contributed by atoms with van der Waals surface area (Å²) in [5.41, 5.74) is 0.535. The van der Waals surface area contributed by atoms with E-state index in [0.29, 0.717) is 5.56 Å². The predicted molar refractivity (Wildman–Crippen MR) is 101 cm³/mol. The first-order valence-corrected chi connectivity index (χ1v) is 9.08. The Labute approximate surface area is 166 Å². The third-order valence-corrected chi connectivity index (χ3v) is 4.38. The number of nitrogens with one attached hydrogen (secondary N) is 2. The molecule has 1 aromatic heterocycles. The van der Waals surface area contributed by atoms with Gasteiger partial charge in [0.2, 0.25) is 5.91 Å². The van der Waals surface area contributed by atoms with E-state index in [4.69, 9.17) is 4.74 Å². The quantitative estimate of drug-likeness (QED) is 0.591. The zero-order valence-electron chi connectivity index (χ0n) is 15.5. The molecular weight excluding hydrogens is 379 g/mol. The molecule has 1 aliphatic rings. The number of ether oxygens (including phenoxy) is 1. The molecule has 3 N–H and O–H groups in total. The van der Waals surface area contributed by atoms with Crippen LogP contribution in [0.15, 0.2) is 55.0 Å². The molecule has 0 radical (unpaired) electrons. The highest BCUT2D eigenvalue weighted by Gasteiger charge is 2.29. The number of rotatable bonds is 7. The molecule has 0 spiro atoms. The van der Waals surface area contributed by atoms with Gasteiger partial charge < -0.3 is 20.5 Å². The molecular formula is C20H21FN4O4. The Balaban J connectivity index is 1.53. The van der Waals surface area contributed by atoms with E-state index in [2.05, 4.69) is 20.6 Å². The van der Waals surface area contributed by atoms with Crippen molar-refractivity contribution < 1.29 is 23.8 Å². The van der Waals surface area contributed by atoms with Crippen LogP contribution < -0.4 is 10.6 Å². The third-order valence-electron chi connectivity index (χ3n) is 4.38. The number of aliphatic hydroxyl groups excluding tert-OH is 1. The summed E-state index contributed by atoms with van der Waals surface area (Å²) in [5, 5.41) is 15.0. The van der Waals surface area contributed by atoms with E-state index < -0.39 is 24.2 Å². The Kier molecular flexibility index (Phi) is 6.99. The van der Waals surface area contributed by atoms with E-state index in [1.54, 1.807) is 30.4 Å². The first kappa shape index (κ1) is 20.6. The molecule has 2 amide bonds. The second-order valence-electron chi connectivity index (χ2n) is 6.44. The van der Waals surface area contributed by atoms with E-state index in [1.807, 2.05) is 0 Å². The van der Waals surface area contributed by atoms with Gasteiger partial charge in [-0.25, -0.2) is 9.37 Å². The van der Waals surface area contributed by atoms with Gasteiger partial charge in [0.05, 0.1) is 31.4 Å². The Hall–Kier alpha value is -3.17. The Morgan fingerprint density at radius 3 is 2.76 bits per heavy atom. The maximum atomic E-state index is 13.6. The van der Waals surface area contributed by atoms with Crippen molar-refractivity contribution in [2.24, 2.45) is 0 Å². The number of benzene rings is 1. The number of amides is 2. The summed E-state index contributed by atoms with van der Waals surface area (Å²) in [4.78, 5) is 32.1. The molecule has 0 saturated heterocycles. The van der Waals surface area contributed by atoms with Crippen LogP contribution in [0.1, 0.15) is 22.5 Å². The predicted octanol–water partition coefficient (Wildman–Crippen LogP) is 0.737. The van der Waals surface area contributed by atoms with Gasteiger partial charge in [0.1, 0.15) is 17.6 Å². The van der Waals surface area contributed by atoms with Crippen LogP contribution in [-0.4, -0.2) is 51.7 Å². The van der Waals surface area contributed by atoms with Crippen LogP contribution in [0, 0.1) is 5.82 Å².